The van der Waals surface area contributed by atoms with Crippen molar-refractivity contribution in [2.24, 2.45) is 0 Å². The van der Waals surface area contributed by atoms with Crippen molar-refractivity contribution >= 4 is 40.7 Å². The summed E-state index contributed by atoms with van der Waals surface area (Å²) in [6, 6.07) is 26.5. The highest BCUT2D eigenvalue weighted by molar-refractivity contribution is 6.01. The molecule has 3 N–H and O–H groups in total. The van der Waals surface area contributed by atoms with Gasteiger partial charge in [0.05, 0.1) is 11.6 Å². The second-order valence-corrected chi connectivity index (χ2v) is 7.73. The molecule has 0 fully saturated rings. The number of para-hydroxylation sites is 2. The standard InChI is InChI=1S/C27H25N5O4/c28-19-20-11-13-21(14-12-20)29-24(33)15-16-25(34)30-31-26(35)17-18-27(36)32(22-7-3-1-4-8-22)23-9-5-2-6-10-23/h1-14H,15-18H2,(H,29,33)(H,30,34)(H,31,35). The van der Waals surface area contributed by atoms with Crippen molar-refractivity contribution in [3.63, 3.8) is 0 Å². The van der Waals surface area contributed by atoms with E-state index in [-0.39, 0.29) is 37.5 Å². The minimum Gasteiger partial charge on any atom is -0.326 e. The number of anilines is 3. The van der Waals surface area contributed by atoms with E-state index in [1.807, 2.05) is 66.7 Å². The van der Waals surface area contributed by atoms with Crippen LogP contribution >= 0.6 is 0 Å². The zero-order valence-corrected chi connectivity index (χ0v) is 19.4. The number of nitrogens with zero attached hydrogens (tertiary/aromatic N) is 2. The van der Waals surface area contributed by atoms with Crippen LogP contribution in [-0.2, 0) is 19.2 Å². The maximum Gasteiger partial charge on any atom is 0.238 e. The number of benzene rings is 3. The molecule has 9 heteroatoms. The molecule has 4 amide bonds. The minimum absolute atomic E-state index is 0.0709. The van der Waals surface area contributed by atoms with Crippen molar-refractivity contribution < 1.29 is 19.2 Å². The minimum atomic E-state index is -0.542. The lowest BCUT2D eigenvalue weighted by atomic mass is 10.2. The topological polar surface area (TPSA) is 131 Å². The van der Waals surface area contributed by atoms with Gasteiger partial charge in [-0.2, -0.15) is 5.26 Å². The van der Waals surface area contributed by atoms with Gasteiger partial charge in [0.15, 0.2) is 0 Å². The molecule has 0 unspecified atom stereocenters. The zero-order valence-electron chi connectivity index (χ0n) is 19.4. The maximum atomic E-state index is 12.9. The fraction of sp³-hybridized carbons (Fsp3) is 0.148. The average Bonchev–Trinajstić information content (AvgIpc) is 2.91. The molecule has 0 aliphatic rings. The second kappa shape index (κ2) is 13.1. The summed E-state index contributed by atoms with van der Waals surface area (Å²) < 4.78 is 0. The van der Waals surface area contributed by atoms with Gasteiger partial charge in [0, 0.05) is 42.7 Å². The number of rotatable bonds is 9. The first-order valence-corrected chi connectivity index (χ1v) is 11.3. The molecule has 3 aromatic carbocycles. The van der Waals surface area contributed by atoms with Gasteiger partial charge in [-0.15, -0.1) is 0 Å². The first kappa shape index (κ1) is 25.6. The van der Waals surface area contributed by atoms with Crippen LogP contribution in [-0.4, -0.2) is 23.6 Å². The van der Waals surface area contributed by atoms with Crippen LogP contribution in [0.4, 0.5) is 17.1 Å². The maximum absolute atomic E-state index is 12.9. The third-order valence-corrected chi connectivity index (χ3v) is 5.06. The van der Waals surface area contributed by atoms with E-state index in [1.54, 1.807) is 29.2 Å². The Hall–Kier alpha value is -4.97. The highest BCUT2D eigenvalue weighted by atomic mass is 16.2. The summed E-state index contributed by atoms with van der Waals surface area (Å²) in [6.45, 7) is 0. The molecule has 0 aliphatic carbocycles. The van der Waals surface area contributed by atoms with E-state index in [0.29, 0.717) is 22.6 Å². The number of amides is 4. The molecule has 0 bridgehead atoms. The van der Waals surface area contributed by atoms with Gasteiger partial charge in [-0.3, -0.25) is 34.9 Å². The summed E-state index contributed by atoms with van der Waals surface area (Å²) in [6.07, 6.45) is -0.437. The van der Waals surface area contributed by atoms with E-state index >= 15 is 0 Å². The highest BCUT2D eigenvalue weighted by Crippen LogP contribution is 2.26. The monoisotopic (exact) mass is 483 g/mol. The van der Waals surface area contributed by atoms with E-state index in [2.05, 4.69) is 16.2 Å². The van der Waals surface area contributed by atoms with Crippen LogP contribution < -0.4 is 21.1 Å². The Morgan fingerprint density at radius 1 is 0.639 bits per heavy atom. The Kier molecular flexibility index (Phi) is 9.30. The van der Waals surface area contributed by atoms with Gasteiger partial charge in [0.2, 0.25) is 23.6 Å². The van der Waals surface area contributed by atoms with Gasteiger partial charge in [-0.25, -0.2) is 0 Å². The number of nitrogens with one attached hydrogen (secondary N) is 3. The molecule has 3 aromatic rings. The highest BCUT2D eigenvalue weighted by Gasteiger charge is 2.19. The normalized spacial score (nSPS) is 9.97. The SMILES string of the molecule is N#Cc1ccc(NC(=O)CCC(=O)NNC(=O)CCC(=O)N(c2ccccc2)c2ccccc2)cc1. The van der Waals surface area contributed by atoms with Gasteiger partial charge in [-0.1, -0.05) is 36.4 Å². The predicted octanol–water partition coefficient (Wildman–Crippen LogP) is 3.57. The van der Waals surface area contributed by atoms with Crippen molar-refractivity contribution in [1.29, 1.82) is 5.26 Å². The van der Waals surface area contributed by atoms with Gasteiger partial charge in [0.1, 0.15) is 0 Å². The Morgan fingerprint density at radius 3 is 1.61 bits per heavy atom. The molecular weight excluding hydrogens is 458 g/mol. The van der Waals surface area contributed by atoms with Crippen LogP contribution in [0.2, 0.25) is 0 Å². The van der Waals surface area contributed by atoms with Crippen molar-refractivity contribution in [1.82, 2.24) is 10.9 Å². The molecule has 0 saturated heterocycles. The largest absolute Gasteiger partial charge is 0.326 e. The van der Waals surface area contributed by atoms with Crippen molar-refractivity contribution in [2.45, 2.75) is 25.7 Å². The molecule has 0 radical (unpaired) electrons. The lowest BCUT2D eigenvalue weighted by Crippen LogP contribution is -2.42. The van der Waals surface area contributed by atoms with Crippen molar-refractivity contribution in [3.05, 3.63) is 90.5 Å². The van der Waals surface area contributed by atoms with E-state index in [0.717, 1.165) is 0 Å². The molecule has 0 aliphatic heterocycles. The molecule has 9 nitrogen and oxygen atoms in total. The summed E-state index contributed by atoms with van der Waals surface area (Å²) in [5.74, 6) is -1.72. The molecule has 0 heterocycles. The Labute approximate surface area is 208 Å². The summed E-state index contributed by atoms with van der Waals surface area (Å²) in [5.41, 5.74) is 6.87. The number of carbonyl (C=O) groups excluding carboxylic acids is 4. The van der Waals surface area contributed by atoms with Crippen molar-refractivity contribution in [2.75, 3.05) is 10.2 Å². The third-order valence-electron chi connectivity index (χ3n) is 5.06. The second-order valence-electron chi connectivity index (χ2n) is 7.73. The number of carbonyl (C=O) groups is 4. The first-order valence-electron chi connectivity index (χ1n) is 11.3. The lowest BCUT2D eigenvalue weighted by Gasteiger charge is -2.23. The molecule has 0 aromatic heterocycles. The smallest absolute Gasteiger partial charge is 0.238 e. The molecular formula is C27H25N5O4. The molecule has 0 spiro atoms. The Balaban J connectivity index is 1.42. The van der Waals surface area contributed by atoms with E-state index in [9.17, 15) is 19.2 Å². The molecule has 182 valence electrons. The number of hydrogen-bond donors (Lipinski definition) is 3. The van der Waals surface area contributed by atoms with Gasteiger partial charge >= 0.3 is 0 Å². The average molecular weight is 484 g/mol. The first-order chi connectivity index (χ1) is 17.5. The number of nitriles is 1. The quantitative estimate of drug-likeness (QED) is 0.401. The van der Waals surface area contributed by atoms with Crippen LogP contribution in [0.5, 0.6) is 0 Å². The fourth-order valence-electron chi connectivity index (χ4n) is 3.27. The van der Waals surface area contributed by atoms with Crippen molar-refractivity contribution in [3.8, 4) is 6.07 Å². The van der Waals surface area contributed by atoms with Gasteiger partial charge in [-0.05, 0) is 48.5 Å². The Morgan fingerprint density at radius 2 is 1.11 bits per heavy atom. The van der Waals surface area contributed by atoms with Crippen LogP contribution in [0.25, 0.3) is 0 Å². The summed E-state index contributed by atoms with van der Waals surface area (Å²) in [5, 5.41) is 11.4. The zero-order chi connectivity index (χ0) is 25.8. The summed E-state index contributed by atoms with van der Waals surface area (Å²) in [7, 11) is 0. The van der Waals surface area contributed by atoms with Crippen LogP contribution in [0, 0.1) is 11.3 Å². The van der Waals surface area contributed by atoms with Crippen LogP contribution in [0.15, 0.2) is 84.9 Å². The number of hydrazine groups is 1. The summed E-state index contributed by atoms with van der Waals surface area (Å²) in [4.78, 5) is 50.7. The molecule has 36 heavy (non-hydrogen) atoms. The van der Waals surface area contributed by atoms with Crippen LogP contribution in [0.3, 0.4) is 0 Å². The van der Waals surface area contributed by atoms with Crippen LogP contribution in [0.1, 0.15) is 31.2 Å². The molecule has 0 atom stereocenters. The van der Waals surface area contributed by atoms with Gasteiger partial charge in [0.25, 0.3) is 0 Å². The number of hydrogen-bond acceptors (Lipinski definition) is 5. The van der Waals surface area contributed by atoms with E-state index < -0.39 is 11.8 Å². The fourth-order valence-corrected chi connectivity index (χ4v) is 3.27. The lowest BCUT2D eigenvalue weighted by molar-refractivity contribution is -0.130. The predicted molar refractivity (Wildman–Crippen MR) is 135 cm³/mol. The molecule has 3 rings (SSSR count). The van der Waals surface area contributed by atoms with Gasteiger partial charge < -0.3 is 5.32 Å². The summed E-state index contributed by atoms with van der Waals surface area (Å²) >= 11 is 0. The van der Waals surface area contributed by atoms with E-state index in [4.69, 9.17) is 5.26 Å². The van der Waals surface area contributed by atoms with E-state index in [1.165, 1.54) is 0 Å². The molecule has 0 saturated carbocycles. The Bertz CT molecular complexity index is 1200. The third kappa shape index (κ3) is 7.81.